The molecule has 0 saturated carbocycles. The van der Waals surface area contributed by atoms with Crippen LogP contribution in [0.1, 0.15) is 39.0 Å². The largest absolute Gasteiger partial charge is 0.491 e. The molecular weight excluding hydrogens is 254 g/mol. The number of rotatable bonds is 11. The van der Waals surface area contributed by atoms with E-state index in [4.69, 9.17) is 15.2 Å². The highest BCUT2D eigenvalue weighted by Gasteiger charge is 2.05. The Morgan fingerprint density at radius 1 is 1.05 bits per heavy atom. The van der Waals surface area contributed by atoms with Gasteiger partial charge in [0.15, 0.2) is 0 Å². The van der Waals surface area contributed by atoms with E-state index < -0.39 is 6.10 Å². The van der Waals surface area contributed by atoms with Crippen LogP contribution in [0.5, 0.6) is 5.75 Å². The summed E-state index contributed by atoms with van der Waals surface area (Å²) in [6.45, 7) is 3.47. The minimum absolute atomic E-state index is 0.236. The van der Waals surface area contributed by atoms with Crippen LogP contribution < -0.4 is 10.5 Å². The predicted octanol–water partition coefficient (Wildman–Crippen LogP) is 3.00. The van der Waals surface area contributed by atoms with Crippen molar-refractivity contribution in [2.75, 3.05) is 25.6 Å². The fraction of sp³-hybridized carbons (Fsp3) is 0.625. The molecule has 0 saturated heterocycles. The Kier molecular flexibility index (Phi) is 8.83. The molecule has 1 rings (SSSR count). The summed E-state index contributed by atoms with van der Waals surface area (Å²) in [6, 6.07) is 7.12. The number of benzene rings is 1. The molecule has 0 amide bonds. The fourth-order valence-electron chi connectivity index (χ4n) is 1.83. The maximum Gasteiger partial charge on any atom is 0.119 e. The third-order valence-electron chi connectivity index (χ3n) is 3.02. The zero-order valence-corrected chi connectivity index (χ0v) is 12.4. The first-order valence-corrected chi connectivity index (χ1v) is 7.46. The van der Waals surface area contributed by atoms with E-state index in [2.05, 4.69) is 6.92 Å². The molecule has 0 fully saturated rings. The summed E-state index contributed by atoms with van der Waals surface area (Å²) in [5.41, 5.74) is 6.28. The van der Waals surface area contributed by atoms with Crippen molar-refractivity contribution in [3.05, 3.63) is 24.3 Å². The molecule has 1 aromatic rings. The van der Waals surface area contributed by atoms with Crippen molar-refractivity contribution in [1.29, 1.82) is 0 Å². The van der Waals surface area contributed by atoms with Crippen molar-refractivity contribution in [3.8, 4) is 5.75 Å². The highest BCUT2D eigenvalue weighted by molar-refractivity contribution is 5.41. The van der Waals surface area contributed by atoms with Gasteiger partial charge in [-0.25, -0.2) is 0 Å². The molecule has 1 unspecified atom stereocenters. The van der Waals surface area contributed by atoms with E-state index in [1.54, 1.807) is 24.3 Å². The number of nitrogen functional groups attached to an aromatic ring is 1. The SMILES string of the molecule is CCCCCCCOCC(O)COc1ccc(N)cc1. The minimum Gasteiger partial charge on any atom is -0.491 e. The van der Waals surface area contributed by atoms with E-state index in [1.807, 2.05) is 0 Å². The highest BCUT2D eigenvalue weighted by Crippen LogP contribution is 2.13. The Labute approximate surface area is 121 Å². The van der Waals surface area contributed by atoms with Crippen LogP contribution in [-0.2, 0) is 4.74 Å². The van der Waals surface area contributed by atoms with Gasteiger partial charge in [-0.2, -0.15) is 0 Å². The Morgan fingerprint density at radius 3 is 2.45 bits per heavy atom. The maximum atomic E-state index is 9.73. The highest BCUT2D eigenvalue weighted by atomic mass is 16.5. The molecule has 114 valence electrons. The van der Waals surface area contributed by atoms with Gasteiger partial charge in [0.25, 0.3) is 0 Å². The van der Waals surface area contributed by atoms with E-state index in [9.17, 15) is 5.11 Å². The van der Waals surface area contributed by atoms with Gasteiger partial charge in [0.05, 0.1) is 6.61 Å². The number of unbranched alkanes of at least 4 members (excludes halogenated alkanes) is 4. The van der Waals surface area contributed by atoms with Crippen LogP contribution >= 0.6 is 0 Å². The molecule has 0 aromatic heterocycles. The van der Waals surface area contributed by atoms with Crippen LogP contribution in [0, 0.1) is 0 Å². The fourth-order valence-corrected chi connectivity index (χ4v) is 1.83. The van der Waals surface area contributed by atoms with Crippen molar-refractivity contribution in [3.63, 3.8) is 0 Å². The van der Waals surface area contributed by atoms with Gasteiger partial charge in [-0.05, 0) is 30.7 Å². The van der Waals surface area contributed by atoms with Gasteiger partial charge >= 0.3 is 0 Å². The Balaban J connectivity index is 2.00. The lowest BCUT2D eigenvalue weighted by molar-refractivity contribution is 0.0110. The minimum atomic E-state index is -0.594. The van der Waals surface area contributed by atoms with Gasteiger partial charge in [0.1, 0.15) is 18.5 Å². The molecule has 0 radical (unpaired) electrons. The molecule has 4 heteroatoms. The van der Waals surface area contributed by atoms with Crippen LogP contribution in [0.15, 0.2) is 24.3 Å². The second kappa shape index (κ2) is 10.5. The normalized spacial score (nSPS) is 12.3. The second-order valence-corrected chi connectivity index (χ2v) is 5.02. The van der Waals surface area contributed by atoms with Crippen LogP contribution in [-0.4, -0.2) is 31.0 Å². The summed E-state index contributed by atoms with van der Waals surface area (Å²) in [7, 11) is 0. The Bertz CT molecular complexity index is 340. The third kappa shape index (κ3) is 8.02. The molecule has 0 aliphatic rings. The molecule has 0 heterocycles. The number of hydrogen-bond donors (Lipinski definition) is 2. The first-order valence-electron chi connectivity index (χ1n) is 7.46. The summed E-state index contributed by atoms with van der Waals surface area (Å²) >= 11 is 0. The summed E-state index contributed by atoms with van der Waals surface area (Å²) < 4.78 is 10.9. The van der Waals surface area contributed by atoms with E-state index in [-0.39, 0.29) is 6.61 Å². The van der Waals surface area contributed by atoms with Gasteiger partial charge in [0, 0.05) is 12.3 Å². The van der Waals surface area contributed by atoms with Crippen molar-refractivity contribution in [1.82, 2.24) is 0 Å². The van der Waals surface area contributed by atoms with Crippen molar-refractivity contribution in [2.24, 2.45) is 0 Å². The van der Waals surface area contributed by atoms with E-state index in [1.165, 1.54) is 25.7 Å². The van der Waals surface area contributed by atoms with Crippen LogP contribution in [0.2, 0.25) is 0 Å². The smallest absolute Gasteiger partial charge is 0.119 e. The van der Waals surface area contributed by atoms with E-state index in [0.717, 1.165) is 6.42 Å². The van der Waals surface area contributed by atoms with Crippen LogP contribution in [0.3, 0.4) is 0 Å². The number of nitrogens with two attached hydrogens (primary N) is 1. The van der Waals surface area contributed by atoms with Gasteiger partial charge in [-0.1, -0.05) is 32.6 Å². The summed E-state index contributed by atoms with van der Waals surface area (Å²) in [5.74, 6) is 0.706. The third-order valence-corrected chi connectivity index (χ3v) is 3.02. The summed E-state index contributed by atoms with van der Waals surface area (Å²) in [4.78, 5) is 0. The topological polar surface area (TPSA) is 64.7 Å². The summed E-state index contributed by atoms with van der Waals surface area (Å²) in [6.07, 6.45) is 5.48. The molecule has 20 heavy (non-hydrogen) atoms. The number of aliphatic hydroxyl groups is 1. The van der Waals surface area contributed by atoms with E-state index in [0.29, 0.717) is 24.7 Å². The quantitative estimate of drug-likeness (QED) is 0.483. The molecule has 1 atom stereocenters. The lowest BCUT2D eigenvalue weighted by Crippen LogP contribution is -2.23. The van der Waals surface area contributed by atoms with Gasteiger partial charge in [-0.3, -0.25) is 0 Å². The van der Waals surface area contributed by atoms with Gasteiger partial charge in [0.2, 0.25) is 0 Å². The molecule has 0 spiro atoms. The number of hydrogen-bond acceptors (Lipinski definition) is 4. The molecule has 0 bridgehead atoms. The lowest BCUT2D eigenvalue weighted by Gasteiger charge is -2.13. The predicted molar refractivity (Wildman–Crippen MR) is 81.9 cm³/mol. The van der Waals surface area contributed by atoms with Crippen LogP contribution in [0.25, 0.3) is 0 Å². The van der Waals surface area contributed by atoms with Gasteiger partial charge in [-0.15, -0.1) is 0 Å². The standard InChI is InChI=1S/C16H27NO3/c1-2-3-4-5-6-11-19-12-15(18)13-20-16-9-7-14(17)8-10-16/h7-10,15,18H,2-6,11-13,17H2,1H3. The molecule has 3 N–H and O–H groups in total. The molecule has 1 aromatic carbocycles. The Morgan fingerprint density at radius 2 is 1.75 bits per heavy atom. The first kappa shape index (κ1) is 16.8. The number of aliphatic hydroxyl groups excluding tert-OH is 1. The zero-order valence-electron chi connectivity index (χ0n) is 12.4. The maximum absolute atomic E-state index is 9.73. The Hall–Kier alpha value is -1.26. The first-order chi connectivity index (χ1) is 9.72. The molecule has 0 aliphatic carbocycles. The van der Waals surface area contributed by atoms with Crippen molar-refractivity contribution < 1.29 is 14.6 Å². The average molecular weight is 281 g/mol. The van der Waals surface area contributed by atoms with Crippen molar-refractivity contribution in [2.45, 2.75) is 45.1 Å². The van der Waals surface area contributed by atoms with Crippen LogP contribution in [0.4, 0.5) is 5.69 Å². The molecular formula is C16H27NO3. The lowest BCUT2D eigenvalue weighted by atomic mass is 10.2. The monoisotopic (exact) mass is 281 g/mol. The second-order valence-electron chi connectivity index (χ2n) is 5.02. The van der Waals surface area contributed by atoms with Crippen molar-refractivity contribution >= 4 is 5.69 Å². The molecule has 4 nitrogen and oxygen atoms in total. The average Bonchev–Trinajstić information content (AvgIpc) is 2.46. The number of anilines is 1. The number of ether oxygens (including phenoxy) is 2. The molecule has 0 aliphatic heterocycles. The zero-order chi connectivity index (χ0) is 14.6. The van der Waals surface area contributed by atoms with Gasteiger partial charge < -0.3 is 20.3 Å². The summed E-state index contributed by atoms with van der Waals surface area (Å²) in [5, 5.41) is 9.73. The van der Waals surface area contributed by atoms with E-state index >= 15 is 0 Å².